The van der Waals surface area contributed by atoms with Gasteiger partial charge in [-0.05, 0) is 62.3 Å². The van der Waals surface area contributed by atoms with Crippen LogP contribution in [0.3, 0.4) is 0 Å². The van der Waals surface area contributed by atoms with Crippen LogP contribution in [0, 0.1) is 13.8 Å². The standard InChI is InChI=1S/C16H17NO/c1-10-7-11(2)16-13(9-18)12-5-3-4-6-14(12)17-15(16)8-10/h7-9H,3-6H2,1-2H3. The van der Waals surface area contributed by atoms with Gasteiger partial charge in [0.25, 0.3) is 0 Å². The lowest BCUT2D eigenvalue weighted by Crippen LogP contribution is -2.10. The van der Waals surface area contributed by atoms with E-state index in [0.29, 0.717) is 0 Å². The van der Waals surface area contributed by atoms with Gasteiger partial charge >= 0.3 is 0 Å². The first-order valence-corrected chi connectivity index (χ1v) is 6.58. The highest BCUT2D eigenvalue weighted by atomic mass is 16.1. The molecule has 1 aromatic carbocycles. The highest BCUT2D eigenvalue weighted by Crippen LogP contribution is 2.30. The summed E-state index contributed by atoms with van der Waals surface area (Å²) in [7, 11) is 0. The number of rotatable bonds is 1. The van der Waals surface area contributed by atoms with E-state index in [9.17, 15) is 4.79 Å². The van der Waals surface area contributed by atoms with Crippen LogP contribution in [0.2, 0.25) is 0 Å². The molecule has 1 aliphatic rings. The summed E-state index contributed by atoms with van der Waals surface area (Å²) in [6.07, 6.45) is 5.40. The summed E-state index contributed by atoms with van der Waals surface area (Å²) in [5.74, 6) is 0. The zero-order valence-corrected chi connectivity index (χ0v) is 10.9. The molecule has 0 N–H and O–H groups in total. The highest BCUT2D eigenvalue weighted by molar-refractivity contribution is 6.00. The summed E-state index contributed by atoms with van der Waals surface area (Å²) < 4.78 is 0. The van der Waals surface area contributed by atoms with Crippen molar-refractivity contribution in [1.29, 1.82) is 0 Å². The predicted molar refractivity (Wildman–Crippen MR) is 73.2 cm³/mol. The first kappa shape index (κ1) is 11.4. The van der Waals surface area contributed by atoms with Gasteiger partial charge in [0.2, 0.25) is 0 Å². The summed E-state index contributed by atoms with van der Waals surface area (Å²) in [5.41, 5.74) is 6.56. The molecule has 0 unspecified atom stereocenters. The number of pyridine rings is 1. The SMILES string of the molecule is Cc1cc(C)c2c(C=O)c3c(nc2c1)CCCC3. The maximum Gasteiger partial charge on any atom is 0.151 e. The van der Waals surface area contributed by atoms with Gasteiger partial charge in [-0.3, -0.25) is 9.78 Å². The minimum Gasteiger partial charge on any atom is -0.298 e. The van der Waals surface area contributed by atoms with Crippen LogP contribution < -0.4 is 0 Å². The van der Waals surface area contributed by atoms with Crippen LogP contribution in [0.5, 0.6) is 0 Å². The Morgan fingerprint density at radius 2 is 1.94 bits per heavy atom. The fraction of sp³-hybridized carbons (Fsp3) is 0.375. The van der Waals surface area contributed by atoms with Crippen molar-refractivity contribution in [3.8, 4) is 0 Å². The molecular weight excluding hydrogens is 222 g/mol. The summed E-state index contributed by atoms with van der Waals surface area (Å²) in [6.45, 7) is 4.15. The van der Waals surface area contributed by atoms with Crippen LogP contribution in [0.25, 0.3) is 10.9 Å². The Balaban J connectivity index is 2.44. The number of hydrogen-bond donors (Lipinski definition) is 0. The average molecular weight is 239 g/mol. The topological polar surface area (TPSA) is 30.0 Å². The number of hydrogen-bond acceptors (Lipinski definition) is 2. The lowest BCUT2D eigenvalue weighted by Gasteiger charge is -2.19. The van der Waals surface area contributed by atoms with E-state index in [1.165, 1.54) is 24.0 Å². The fourth-order valence-corrected chi connectivity index (χ4v) is 3.11. The van der Waals surface area contributed by atoms with E-state index in [2.05, 4.69) is 26.0 Å². The van der Waals surface area contributed by atoms with E-state index >= 15 is 0 Å². The molecule has 1 aromatic heterocycles. The second-order valence-corrected chi connectivity index (χ2v) is 5.25. The second kappa shape index (κ2) is 4.20. The zero-order chi connectivity index (χ0) is 12.7. The second-order valence-electron chi connectivity index (χ2n) is 5.25. The smallest absolute Gasteiger partial charge is 0.151 e. The number of carbonyl (C=O) groups excluding carboxylic acids is 1. The zero-order valence-electron chi connectivity index (χ0n) is 10.9. The van der Waals surface area contributed by atoms with Gasteiger partial charge in [0.15, 0.2) is 6.29 Å². The predicted octanol–water partition coefficient (Wildman–Crippen LogP) is 3.54. The van der Waals surface area contributed by atoms with E-state index < -0.39 is 0 Å². The molecule has 2 aromatic rings. The van der Waals surface area contributed by atoms with Crippen molar-refractivity contribution >= 4 is 17.2 Å². The van der Waals surface area contributed by atoms with Gasteiger partial charge in [0.1, 0.15) is 0 Å². The molecule has 2 heteroatoms. The van der Waals surface area contributed by atoms with Gasteiger partial charge in [-0.1, -0.05) is 6.07 Å². The largest absolute Gasteiger partial charge is 0.298 e. The molecule has 0 saturated heterocycles. The number of aldehydes is 1. The van der Waals surface area contributed by atoms with Crippen molar-refractivity contribution in [3.63, 3.8) is 0 Å². The van der Waals surface area contributed by atoms with Gasteiger partial charge in [-0.15, -0.1) is 0 Å². The Kier molecular flexibility index (Phi) is 2.66. The summed E-state index contributed by atoms with van der Waals surface area (Å²) in [6, 6.07) is 4.22. The van der Waals surface area contributed by atoms with E-state index in [1.807, 2.05) is 0 Å². The Labute approximate surface area is 107 Å². The summed E-state index contributed by atoms with van der Waals surface area (Å²) in [5, 5.41) is 1.05. The van der Waals surface area contributed by atoms with E-state index in [-0.39, 0.29) is 0 Å². The van der Waals surface area contributed by atoms with Crippen molar-refractivity contribution < 1.29 is 4.79 Å². The van der Waals surface area contributed by atoms with Gasteiger partial charge in [-0.2, -0.15) is 0 Å². The Morgan fingerprint density at radius 1 is 1.17 bits per heavy atom. The average Bonchev–Trinajstić information content (AvgIpc) is 2.35. The molecule has 1 heterocycles. The molecular formula is C16H17NO. The summed E-state index contributed by atoms with van der Waals surface area (Å²) >= 11 is 0. The molecule has 0 radical (unpaired) electrons. The quantitative estimate of drug-likeness (QED) is 0.712. The van der Waals surface area contributed by atoms with Crippen LogP contribution >= 0.6 is 0 Å². The normalized spacial score (nSPS) is 14.6. The Bertz CT molecular complexity index is 643. The Hall–Kier alpha value is -1.70. The highest BCUT2D eigenvalue weighted by Gasteiger charge is 2.18. The third-order valence-electron chi connectivity index (χ3n) is 3.87. The van der Waals surface area contributed by atoms with Gasteiger partial charge < -0.3 is 0 Å². The minimum atomic E-state index is 0.882. The van der Waals surface area contributed by atoms with Crippen molar-refractivity contribution in [2.24, 2.45) is 0 Å². The molecule has 2 nitrogen and oxygen atoms in total. The number of aryl methyl sites for hydroxylation is 3. The van der Waals surface area contributed by atoms with Gasteiger partial charge in [0, 0.05) is 16.6 Å². The molecule has 1 aliphatic carbocycles. The number of fused-ring (bicyclic) bond motifs is 2. The molecule has 18 heavy (non-hydrogen) atoms. The molecule has 0 bridgehead atoms. The molecule has 92 valence electrons. The minimum absolute atomic E-state index is 0.882. The lowest BCUT2D eigenvalue weighted by molar-refractivity contribution is 0.112. The molecule has 0 atom stereocenters. The van der Waals surface area contributed by atoms with Crippen LogP contribution in [-0.2, 0) is 12.8 Å². The fourth-order valence-electron chi connectivity index (χ4n) is 3.11. The lowest BCUT2D eigenvalue weighted by atomic mass is 9.89. The third-order valence-corrected chi connectivity index (χ3v) is 3.87. The monoisotopic (exact) mass is 239 g/mol. The van der Waals surface area contributed by atoms with Crippen LogP contribution in [-0.4, -0.2) is 11.3 Å². The van der Waals surface area contributed by atoms with E-state index in [1.54, 1.807) is 0 Å². The molecule has 3 rings (SSSR count). The van der Waals surface area contributed by atoms with Crippen LogP contribution in [0.15, 0.2) is 12.1 Å². The molecule has 0 saturated carbocycles. The Morgan fingerprint density at radius 3 is 2.72 bits per heavy atom. The van der Waals surface area contributed by atoms with Crippen LogP contribution in [0.4, 0.5) is 0 Å². The molecule has 0 fully saturated rings. The van der Waals surface area contributed by atoms with Crippen LogP contribution in [0.1, 0.15) is 45.6 Å². The first-order valence-electron chi connectivity index (χ1n) is 6.58. The number of aromatic nitrogens is 1. The first-order chi connectivity index (χ1) is 8.70. The van der Waals surface area contributed by atoms with E-state index in [0.717, 1.165) is 46.9 Å². The number of nitrogens with zero attached hydrogens (tertiary/aromatic N) is 1. The third kappa shape index (κ3) is 1.64. The maximum absolute atomic E-state index is 11.5. The van der Waals surface area contributed by atoms with Gasteiger partial charge in [-0.25, -0.2) is 0 Å². The van der Waals surface area contributed by atoms with Crippen molar-refractivity contribution in [2.45, 2.75) is 39.5 Å². The van der Waals surface area contributed by atoms with Gasteiger partial charge in [0.05, 0.1) is 5.52 Å². The molecule has 0 amide bonds. The van der Waals surface area contributed by atoms with Crippen molar-refractivity contribution in [1.82, 2.24) is 4.98 Å². The van der Waals surface area contributed by atoms with E-state index in [4.69, 9.17) is 4.98 Å². The maximum atomic E-state index is 11.5. The van der Waals surface area contributed by atoms with Crippen molar-refractivity contribution in [3.05, 3.63) is 40.1 Å². The summed E-state index contributed by atoms with van der Waals surface area (Å²) in [4.78, 5) is 16.3. The molecule has 0 spiro atoms. The van der Waals surface area contributed by atoms with Crippen molar-refractivity contribution in [2.75, 3.05) is 0 Å². The number of benzene rings is 1. The number of carbonyl (C=O) groups is 1. The molecule has 0 aliphatic heterocycles.